The molecule has 1 aromatic carbocycles. The van der Waals surface area contributed by atoms with Crippen LogP contribution >= 0.6 is 0 Å². The molecule has 0 saturated heterocycles. The predicted octanol–water partition coefficient (Wildman–Crippen LogP) is 0.822. The molecule has 0 aliphatic carbocycles. The number of nitrogens with two attached hydrogens (primary N) is 1. The van der Waals surface area contributed by atoms with Gasteiger partial charge in [-0.05, 0) is 18.6 Å². The third-order valence-corrected chi connectivity index (χ3v) is 3.00. The van der Waals surface area contributed by atoms with Gasteiger partial charge >= 0.3 is 5.97 Å². The second-order valence-electron chi connectivity index (χ2n) is 3.23. The summed E-state index contributed by atoms with van der Waals surface area (Å²) in [4.78, 5) is 10.8. The van der Waals surface area contributed by atoms with Gasteiger partial charge in [0.05, 0.1) is 4.90 Å². The van der Waals surface area contributed by atoms with E-state index in [1.807, 2.05) is 0 Å². The van der Waals surface area contributed by atoms with Crippen molar-refractivity contribution < 1.29 is 17.9 Å². The molecular weight excluding hydrogens is 230 g/mol. The summed E-state index contributed by atoms with van der Waals surface area (Å²) in [7, 11) is -3.80. The number of hydrogen-bond acceptors (Lipinski definition) is 4. The molecule has 0 heterocycles. The number of ether oxygens (including phenoxy) is 1. The summed E-state index contributed by atoms with van der Waals surface area (Å²) in [6.45, 7) is 3.01. The van der Waals surface area contributed by atoms with Gasteiger partial charge < -0.3 is 4.74 Å². The van der Waals surface area contributed by atoms with Gasteiger partial charge in [-0.15, -0.1) is 0 Å². The molecule has 0 aromatic heterocycles. The highest BCUT2D eigenvalue weighted by Gasteiger charge is 2.17. The number of sulfonamides is 1. The van der Waals surface area contributed by atoms with Crippen LogP contribution in [0.2, 0.25) is 0 Å². The lowest BCUT2D eigenvalue weighted by Gasteiger charge is -2.10. The molecule has 0 aliphatic rings. The monoisotopic (exact) mass is 243 g/mol. The maximum Gasteiger partial charge on any atom is 0.308 e. The maximum atomic E-state index is 11.3. The molecule has 2 N–H and O–H groups in total. The van der Waals surface area contributed by atoms with Crippen molar-refractivity contribution in [1.82, 2.24) is 0 Å². The summed E-state index contributed by atoms with van der Waals surface area (Å²) in [6.07, 6.45) is 0.412. The van der Waals surface area contributed by atoms with Gasteiger partial charge in [0.15, 0.2) is 0 Å². The number of hydrogen-bond donors (Lipinski definition) is 1. The fourth-order valence-corrected chi connectivity index (χ4v) is 2.27. The Morgan fingerprint density at radius 2 is 2.06 bits per heavy atom. The summed E-state index contributed by atoms with van der Waals surface area (Å²) in [5.41, 5.74) is 0.417. The molecule has 1 aromatic rings. The molecule has 6 heteroatoms. The number of rotatable bonds is 3. The highest BCUT2D eigenvalue weighted by atomic mass is 32.2. The van der Waals surface area contributed by atoms with Gasteiger partial charge in [-0.3, -0.25) is 4.79 Å². The Morgan fingerprint density at radius 1 is 1.44 bits per heavy atom. The number of carbonyl (C=O) groups is 1. The van der Waals surface area contributed by atoms with Gasteiger partial charge in [0.2, 0.25) is 10.0 Å². The van der Waals surface area contributed by atoms with E-state index in [4.69, 9.17) is 9.88 Å². The number of esters is 1. The van der Waals surface area contributed by atoms with Crippen molar-refractivity contribution in [2.75, 3.05) is 0 Å². The quantitative estimate of drug-likeness (QED) is 0.629. The van der Waals surface area contributed by atoms with E-state index in [-0.39, 0.29) is 10.6 Å². The van der Waals surface area contributed by atoms with Gasteiger partial charge in [0.1, 0.15) is 5.75 Å². The standard InChI is InChI=1S/C10H13NO4S/c1-3-8-9(15-7(2)12)5-4-6-10(8)16(11,13)14/h4-6H,3H2,1-2H3,(H2,11,13,14). The van der Waals surface area contributed by atoms with Gasteiger partial charge in [0.25, 0.3) is 0 Å². The van der Waals surface area contributed by atoms with Crippen LogP contribution in [0.1, 0.15) is 19.4 Å². The first-order valence-electron chi connectivity index (χ1n) is 4.69. The second kappa shape index (κ2) is 4.63. The van der Waals surface area contributed by atoms with Crippen LogP contribution < -0.4 is 9.88 Å². The van der Waals surface area contributed by atoms with Crippen molar-refractivity contribution in [2.45, 2.75) is 25.2 Å². The van der Waals surface area contributed by atoms with Gasteiger partial charge in [-0.2, -0.15) is 0 Å². The first-order chi connectivity index (χ1) is 7.36. The fourth-order valence-electron chi connectivity index (χ4n) is 1.41. The molecule has 0 saturated carbocycles. The molecule has 16 heavy (non-hydrogen) atoms. The van der Waals surface area contributed by atoms with E-state index in [9.17, 15) is 13.2 Å². The molecule has 0 fully saturated rings. The first-order valence-corrected chi connectivity index (χ1v) is 6.24. The van der Waals surface area contributed by atoms with Crippen molar-refractivity contribution >= 4 is 16.0 Å². The van der Waals surface area contributed by atoms with Crippen LogP contribution in [0.3, 0.4) is 0 Å². The molecular formula is C10H13NO4S. The van der Waals surface area contributed by atoms with Gasteiger partial charge in [-0.25, -0.2) is 13.6 Å². The van der Waals surface area contributed by atoms with E-state index in [0.29, 0.717) is 12.0 Å². The van der Waals surface area contributed by atoms with Crippen LogP contribution in [-0.2, 0) is 21.2 Å². The van der Waals surface area contributed by atoms with Crippen molar-refractivity contribution in [3.63, 3.8) is 0 Å². The van der Waals surface area contributed by atoms with E-state index in [2.05, 4.69) is 0 Å². The third-order valence-electron chi connectivity index (χ3n) is 2.00. The predicted molar refractivity (Wildman–Crippen MR) is 58.5 cm³/mol. The van der Waals surface area contributed by atoms with Gasteiger partial charge in [0, 0.05) is 12.5 Å². The van der Waals surface area contributed by atoms with E-state index in [0.717, 1.165) is 0 Å². The summed E-state index contributed by atoms with van der Waals surface area (Å²) in [5, 5.41) is 5.06. The van der Waals surface area contributed by atoms with Crippen molar-refractivity contribution in [3.8, 4) is 5.75 Å². The smallest absolute Gasteiger partial charge is 0.308 e. The topological polar surface area (TPSA) is 86.5 Å². The van der Waals surface area contributed by atoms with E-state index >= 15 is 0 Å². The van der Waals surface area contributed by atoms with Gasteiger partial charge in [-0.1, -0.05) is 13.0 Å². The minimum atomic E-state index is -3.80. The van der Waals surface area contributed by atoms with Crippen LogP contribution in [0.25, 0.3) is 0 Å². The minimum Gasteiger partial charge on any atom is -0.426 e. The Bertz CT molecular complexity index is 508. The molecule has 0 aliphatic heterocycles. The average Bonchev–Trinajstić information content (AvgIpc) is 2.15. The van der Waals surface area contributed by atoms with E-state index < -0.39 is 16.0 Å². The molecule has 0 bridgehead atoms. The molecule has 0 atom stereocenters. The molecule has 0 amide bonds. The van der Waals surface area contributed by atoms with Crippen molar-refractivity contribution in [1.29, 1.82) is 0 Å². The molecule has 1 rings (SSSR count). The lowest BCUT2D eigenvalue weighted by molar-refractivity contribution is -0.131. The zero-order chi connectivity index (χ0) is 12.3. The van der Waals surface area contributed by atoms with Crippen LogP contribution in [0.5, 0.6) is 5.75 Å². The highest BCUT2D eigenvalue weighted by molar-refractivity contribution is 7.89. The number of carbonyl (C=O) groups excluding carboxylic acids is 1. The average molecular weight is 243 g/mol. The Morgan fingerprint density at radius 3 is 2.50 bits per heavy atom. The maximum absolute atomic E-state index is 11.3. The second-order valence-corrected chi connectivity index (χ2v) is 4.75. The lowest BCUT2D eigenvalue weighted by atomic mass is 10.1. The Kier molecular flexibility index (Phi) is 3.66. The summed E-state index contributed by atoms with van der Waals surface area (Å²) in [6, 6.07) is 4.41. The Hall–Kier alpha value is -1.40. The summed E-state index contributed by atoms with van der Waals surface area (Å²) in [5.74, 6) is -0.261. The lowest BCUT2D eigenvalue weighted by Crippen LogP contribution is -2.15. The molecule has 5 nitrogen and oxygen atoms in total. The highest BCUT2D eigenvalue weighted by Crippen LogP contribution is 2.25. The Labute approximate surface area is 94.3 Å². The zero-order valence-corrected chi connectivity index (χ0v) is 9.87. The molecule has 0 spiro atoms. The zero-order valence-electron chi connectivity index (χ0n) is 9.06. The van der Waals surface area contributed by atoms with Crippen molar-refractivity contribution in [3.05, 3.63) is 23.8 Å². The van der Waals surface area contributed by atoms with Crippen LogP contribution in [0, 0.1) is 0 Å². The van der Waals surface area contributed by atoms with Crippen LogP contribution in [0.4, 0.5) is 0 Å². The molecule has 88 valence electrons. The minimum absolute atomic E-state index is 0.00579. The first kappa shape index (κ1) is 12.7. The largest absolute Gasteiger partial charge is 0.426 e. The summed E-state index contributed by atoms with van der Waals surface area (Å²) < 4.78 is 27.5. The number of primary sulfonamides is 1. The number of benzene rings is 1. The van der Waals surface area contributed by atoms with Crippen LogP contribution in [0.15, 0.2) is 23.1 Å². The Balaban J connectivity index is 3.38. The fraction of sp³-hybridized carbons (Fsp3) is 0.300. The van der Waals surface area contributed by atoms with E-state index in [1.165, 1.54) is 25.1 Å². The third kappa shape index (κ3) is 2.80. The van der Waals surface area contributed by atoms with Crippen LogP contribution in [-0.4, -0.2) is 14.4 Å². The van der Waals surface area contributed by atoms with Crippen molar-refractivity contribution in [2.24, 2.45) is 5.14 Å². The summed E-state index contributed by atoms with van der Waals surface area (Å²) >= 11 is 0. The van der Waals surface area contributed by atoms with E-state index in [1.54, 1.807) is 6.92 Å². The SMILES string of the molecule is CCc1c(OC(C)=O)cccc1S(N)(=O)=O. The molecule has 0 radical (unpaired) electrons. The molecule has 0 unspecified atom stereocenters. The normalized spacial score (nSPS) is 11.2.